The lowest BCUT2D eigenvalue weighted by atomic mass is 9.84. The standard InChI is InChI=1S/C27H32NOP/c29-30(26-17-9-3-10-18-26,27-19-11-4-12-20-27)28-25(21-23-13-5-1-6-14-23)22-24-15-7-2-8-16-24/h1,3-6,9-14,17-20,24-25H,2,7-8,15-16,21-22H2,(H,28,29)/t25-/m0/s1. The van der Waals surface area contributed by atoms with Crippen LogP contribution in [0, 0.1) is 5.92 Å². The van der Waals surface area contributed by atoms with Gasteiger partial charge in [0.15, 0.2) is 0 Å². The van der Waals surface area contributed by atoms with Crippen LogP contribution in [0.25, 0.3) is 0 Å². The number of benzene rings is 3. The molecule has 4 rings (SSSR count). The second kappa shape index (κ2) is 10.2. The van der Waals surface area contributed by atoms with Crippen molar-refractivity contribution < 1.29 is 4.57 Å². The van der Waals surface area contributed by atoms with Gasteiger partial charge < -0.3 is 0 Å². The van der Waals surface area contributed by atoms with Crippen LogP contribution in [0.1, 0.15) is 44.1 Å². The Morgan fingerprint density at radius 2 is 1.23 bits per heavy atom. The van der Waals surface area contributed by atoms with Gasteiger partial charge in [-0.1, -0.05) is 98.8 Å². The summed E-state index contributed by atoms with van der Waals surface area (Å²) in [7, 11) is -2.93. The highest BCUT2D eigenvalue weighted by Gasteiger charge is 2.31. The lowest BCUT2D eigenvalue weighted by Gasteiger charge is -2.31. The molecule has 0 radical (unpaired) electrons. The van der Waals surface area contributed by atoms with E-state index in [9.17, 15) is 4.57 Å². The van der Waals surface area contributed by atoms with Crippen LogP contribution in [-0.2, 0) is 11.0 Å². The van der Waals surface area contributed by atoms with Crippen LogP contribution in [0.2, 0.25) is 0 Å². The topological polar surface area (TPSA) is 29.1 Å². The first kappa shape index (κ1) is 21.1. The highest BCUT2D eigenvalue weighted by atomic mass is 31.2. The van der Waals surface area contributed by atoms with E-state index in [1.54, 1.807) is 0 Å². The summed E-state index contributed by atoms with van der Waals surface area (Å²) in [5.41, 5.74) is 1.30. The number of hydrogen-bond acceptors (Lipinski definition) is 1. The van der Waals surface area contributed by atoms with Crippen molar-refractivity contribution in [3.05, 3.63) is 96.6 Å². The fourth-order valence-corrected chi connectivity index (χ4v) is 7.23. The van der Waals surface area contributed by atoms with Crippen LogP contribution in [0.4, 0.5) is 0 Å². The predicted molar refractivity (Wildman–Crippen MR) is 128 cm³/mol. The van der Waals surface area contributed by atoms with Crippen molar-refractivity contribution in [3.63, 3.8) is 0 Å². The van der Waals surface area contributed by atoms with Crippen LogP contribution in [0.3, 0.4) is 0 Å². The van der Waals surface area contributed by atoms with Crippen molar-refractivity contribution >= 4 is 17.9 Å². The van der Waals surface area contributed by atoms with E-state index in [0.29, 0.717) is 0 Å². The van der Waals surface area contributed by atoms with Gasteiger partial charge in [-0.15, -0.1) is 0 Å². The summed E-state index contributed by atoms with van der Waals surface area (Å²) in [6.07, 6.45) is 8.61. The van der Waals surface area contributed by atoms with Gasteiger partial charge in [-0.05, 0) is 48.6 Å². The molecule has 3 aromatic rings. The van der Waals surface area contributed by atoms with Gasteiger partial charge in [0.2, 0.25) is 7.29 Å². The van der Waals surface area contributed by atoms with E-state index in [-0.39, 0.29) is 6.04 Å². The molecule has 0 heterocycles. The van der Waals surface area contributed by atoms with E-state index in [1.807, 2.05) is 60.7 Å². The molecule has 156 valence electrons. The molecular weight excluding hydrogens is 385 g/mol. The maximum Gasteiger partial charge on any atom is 0.204 e. The third-order valence-corrected chi connectivity index (χ3v) is 9.05. The largest absolute Gasteiger partial charge is 0.297 e. The molecule has 0 spiro atoms. The first-order valence-electron chi connectivity index (χ1n) is 11.3. The highest BCUT2D eigenvalue weighted by molar-refractivity contribution is 7.76. The molecule has 0 unspecified atom stereocenters. The Morgan fingerprint density at radius 3 is 1.77 bits per heavy atom. The van der Waals surface area contributed by atoms with E-state index < -0.39 is 7.29 Å². The molecule has 0 bridgehead atoms. The van der Waals surface area contributed by atoms with Gasteiger partial charge >= 0.3 is 0 Å². The summed E-state index contributed by atoms with van der Waals surface area (Å²) >= 11 is 0. The Hall–Kier alpha value is -2.15. The molecule has 1 fully saturated rings. The average Bonchev–Trinajstić information content (AvgIpc) is 2.81. The van der Waals surface area contributed by atoms with Crippen molar-refractivity contribution in [2.24, 2.45) is 5.92 Å². The van der Waals surface area contributed by atoms with Crippen LogP contribution in [-0.4, -0.2) is 6.04 Å². The molecule has 2 nitrogen and oxygen atoms in total. The predicted octanol–water partition coefficient (Wildman–Crippen LogP) is 6.09. The minimum Gasteiger partial charge on any atom is -0.297 e. The Kier molecular flexibility index (Phi) is 7.20. The maximum atomic E-state index is 14.5. The third-order valence-electron chi connectivity index (χ3n) is 6.27. The minimum atomic E-state index is -2.93. The Labute approximate surface area is 181 Å². The second-order valence-electron chi connectivity index (χ2n) is 8.54. The zero-order chi connectivity index (χ0) is 20.7. The van der Waals surface area contributed by atoms with Gasteiger partial charge in [0.05, 0.1) is 0 Å². The van der Waals surface area contributed by atoms with Gasteiger partial charge in [-0.3, -0.25) is 9.65 Å². The molecule has 3 heteroatoms. The zero-order valence-electron chi connectivity index (χ0n) is 17.6. The lowest BCUT2D eigenvalue weighted by Crippen LogP contribution is -2.38. The summed E-state index contributed by atoms with van der Waals surface area (Å²) < 4.78 is 14.5. The van der Waals surface area contributed by atoms with Crippen molar-refractivity contribution in [2.45, 2.75) is 51.0 Å². The summed E-state index contributed by atoms with van der Waals surface area (Å²) in [4.78, 5) is 0. The van der Waals surface area contributed by atoms with Gasteiger partial charge in [0.1, 0.15) is 0 Å². The molecule has 1 atom stereocenters. The van der Waals surface area contributed by atoms with Crippen LogP contribution in [0.5, 0.6) is 0 Å². The van der Waals surface area contributed by atoms with E-state index in [0.717, 1.165) is 29.4 Å². The fraction of sp³-hybridized carbons (Fsp3) is 0.333. The molecule has 3 aromatic carbocycles. The normalized spacial score (nSPS) is 16.3. The quantitative estimate of drug-likeness (QED) is 0.450. The molecule has 0 saturated heterocycles. The van der Waals surface area contributed by atoms with Crippen LogP contribution in [0.15, 0.2) is 91.0 Å². The molecule has 1 saturated carbocycles. The average molecular weight is 418 g/mol. The third kappa shape index (κ3) is 5.31. The highest BCUT2D eigenvalue weighted by Crippen LogP contribution is 2.41. The van der Waals surface area contributed by atoms with E-state index in [2.05, 4.69) is 35.4 Å². The summed E-state index contributed by atoms with van der Waals surface area (Å²) in [5, 5.41) is 5.49. The SMILES string of the molecule is O=P(N[C@@H](Cc1ccccc1)CC1CCCCC1)(c1ccccc1)c1ccccc1. The molecule has 0 aromatic heterocycles. The second-order valence-corrected chi connectivity index (χ2v) is 11.0. The summed E-state index contributed by atoms with van der Waals surface area (Å²) in [5.74, 6) is 0.722. The molecule has 1 aliphatic carbocycles. The molecule has 0 amide bonds. The monoisotopic (exact) mass is 417 g/mol. The number of nitrogens with one attached hydrogen (secondary N) is 1. The van der Waals surface area contributed by atoms with Gasteiger partial charge in [0.25, 0.3) is 0 Å². The molecule has 1 aliphatic rings. The Balaban J connectivity index is 1.65. The van der Waals surface area contributed by atoms with Crippen molar-refractivity contribution in [1.29, 1.82) is 0 Å². The summed E-state index contributed by atoms with van der Waals surface area (Å²) in [6, 6.07) is 30.7. The smallest absolute Gasteiger partial charge is 0.204 e. The first-order valence-corrected chi connectivity index (χ1v) is 13.0. The first-order chi connectivity index (χ1) is 14.7. The Bertz CT molecular complexity index is 893. The minimum absolute atomic E-state index is 0.182. The van der Waals surface area contributed by atoms with E-state index in [4.69, 9.17) is 0 Å². The van der Waals surface area contributed by atoms with E-state index >= 15 is 0 Å². The zero-order valence-corrected chi connectivity index (χ0v) is 18.5. The lowest BCUT2D eigenvalue weighted by molar-refractivity contribution is 0.310. The Morgan fingerprint density at radius 1 is 0.733 bits per heavy atom. The van der Waals surface area contributed by atoms with Gasteiger partial charge in [-0.25, -0.2) is 0 Å². The number of hydrogen-bond donors (Lipinski definition) is 1. The van der Waals surface area contributed by atoms with Crippen molar-refractivity contribution in [2.75, 3.05) is 0 Å². The molecular formula is C27H32NOP. The molecule has 1 N–H and O–H groups in total. The van der Waals surface area contributed by atoms with Gasteiger partial charge in [-0.2, -0.15) is 0 Å². The van der Waals surface area contributed by atoms with Crippen molar-refractivity contribution in [1.82, 2.24) is 5.09 Å². The summed E-state index contributed by atoms with van der Waals surface area (Å²) in [6.45, 7) is 0. The fourth-order valence-electron chi connectivity index (χ4n) is 4.74. The number of rotatable bonds is 8. The van der Waals surface area contributed by atoms with Gasteiger partial charge in [0, 0.05) is 16.7 Å². The van der Waals surface area contributed by atoms with E-state index in [1.165, 1.54) is 37.7 Å². The van der Waals surface area contributed by atoms with Crippen LogP contribution >= 0.6 is 7.29 Å². The molecule has 0 aliphatic heterocycles. The maximum absolute atomic E-state index is 14.5. The van der Waals surface area contributed by atoms with Crippen LogP contribution < -0.4 is 15.7 Å². The van der Waals surface area contributed by atoms with Crippen molar-refractivity contribution in [3.8, 4) is 0 Å². The molecule has 30 heavy (non-hydrogen) atoms.